The Morgan fingerprint density at radius 3 is 1.52 bits per heavy atom. The Morgan fingerprint density at radius 2 is 1.15 bits per heavy atom. The first-order chi connectivity index (χ1) is 15.2. The molecule has 0 aliphatic rings. The van der Waals surface area contributed by atoms with Gasteiger partial charge in [-0.1, -0.05) is 125 Å². The molecule has 0 fully saturated rings. The predicted molar refractivity (Wildman–Crippen MR) is 141 cm³/mol. The summed E-state index contributed by atoms with van der Waals surface area (Å²) in [7, 11) is 0. The molecule has 1 rings (SSSR count). The summed E-state index contributed by atoms with van der Waals surface area (Å²) in [5.74, 6) is 0.0951. The molecule has 0 saturated heterocycles. The molecule has 0 aromatic heterocycles. The summed E-state index contributed by atoms with van der Waals surface area (Å²) in [6.45, 7) is 17.1. The van der Waals surface area contributed by atoms with Gasteiger partial charge in [-0.05, 0) is 46.3 Å². The zero-order valence-corrected chi connectivity index (χ0v) is 22.9. The van der Waals surface area contributed by atoms with Gasteiger partial charge in [0.2, 0.25) is 0 Å². The maximum absolute atomic E-state index is 12.0. The summed E-state index contributed by atoms with van der Waals surface area (Å²) in [6, 6.07) is 4.06. The van der Waals surface area contributed by atoms with E-state index in [-0.39, 0.29) is 16.7 Å². The van der Waals surface area contributed by atoms with Gasteiger partial charge in [0.15, 0.2) is 0 Å². The number of phenolic OH excluding ortho intramolecular Hbond substituents is 1. The Bertz CT molecular complexity index is 684. The van der Waals surface area contributed by atoms with Gasteiger partial charge in [-0.15, -0.1) is 0 Å². The van der Waals surface area contributed by atoms with Gasteiger partial charge in [-0.3, -0.25) is 4.79 Å². The SMILES string of the molecule is CC(C)CCCCCCCCCCC(Cc1cc(C(C)(C)C)c(O)c(C(C)(C)C)c1)C(=O)O. The van der Waals surface area contributed by atoms with Crippen LogP contribution in [0.3, 0.4) is 0 Å². The third kappa shape index (κ3) is 11.0. The van der Waals surface area contributed by atoms with Crippen LogP contribution in [0.25, 0.3) is 0 Å². The minimum absolute atomic E-state index is 0.201. The Labute approximate surface area is 204 Å². The quantitative estimate of drug-likeness (QED) is 0.273. The van der Waals surface area contributed by atoms with Crippen molar-refractivity contribution in [3.8, 4) is 5.75 Å². The van der Waals surface area contributed by atoms with Crippen molar-refractivity contribution in [3.63, 3.8) is 0 Å². The van der Waals surface area contributed by atoms with Crippen LogP contribution in [0.2, 0.25) is 0 Å². The average Bonchev–Trinajstić information content (AvgIpc) is 2.67. The average molecular weight is 461 g/mol. The van der Waals surface area contributed by atoms with E-state index in [1.807, 2.05) is 12.1 Å². The van der Waals surface area contributed by atoms with Crippen LogP contribution in [0, 0.1) is 11.8 Å². The second-order valence-corrected chi connectivity index (χ2v) is 12.6. The molecule has 0 amide bonds. The van der Waals surface area contributed by atoms with Crippen molar-refractivity contribution in [3.05, 3.63) is 28.8 Å². The summed E-state index contributed by atoms with van der Waals surface area (Å²) in [5.41, 5.74) is 2.43. The fourth-order valence-corrected chi connectivity index (χ4v) is 4.56. The Balaban J connectivity index is 2.64. The number of carboxylic acid groups (broad SMARTS) is 1. The number of rotatable bonds is 14. The van der Waals surface area contributed by atoms with Crippen molar-refractivity contribution in [2.24, 2.45) is 11.8 Å². The number of unbranched alkanes of at least 4 members (excludes halogenated alkanes) is 7. The van der Waals surface area contributed by atoms with Crippen LogP contribution in [0.4, 0.5) is 0 Å². The molecule has 0 radical (unpaired) electrons. The minimum Gasteiger partial charge on any atom is -0.507 e. The van der Waals surface area contributed by atoms with E-state index in [0.717, 1.165) is 41.9 Å². The van der Waals surface area contributed by atoms with Crippen molar-refractivity contribution in [1.29, 1.82) is 0 Å². The van der Waals surface area contributed by atoms with Gasteiger partial charge in [-0.25, -0.2) is 0 Å². The van der Waals surface area contributed by atoms with Gasteiger partial charge < -0.3 is 10.2 Å². The lowest BCUT2D eigenvalue weighted by atomic mass is 9.77. The normalized spacial score (nSPS) is 13.5. The first-order valence-corrected chi connectivity index (χ1v) is 13.3. The van der Waals surface area contributed by atoms with Crippen LogP contribution < -0.4 is 0 Å². The summed E-state index contributed by atoms with van der Waals surface area (Å²) >= 11 is 0. The topological polar surface area (TPSA) is 57.5 Å². The minimum atomic E-state index is -0.706. The van der Waals surface area contributed by atoms with Gasteiger partial charge in [-0.2, -0.15) is 0 Å². The molecule has 190 valence electrons. The molecule has 0 bridgehead atoms. The second-order valence-electron chi connectivity index (χ2n) is 12.6. The van der Waals surface area contributed by atoms with Crippen LogP contribution in [0.1, 0.15) is 136 Å². The highest BCUT2D eigenvalue weighted by atomic mass is 16.4. The van der Waals surface area contributed by atoms with Crippen molar-refractivity contribution in [2.75, 3.05) is 0 Å². The van der Waals surface area contributed by atoms with Crippen molar-refractivity contribution < 1.29 is 15.0 Å². The van der Waals surface area contributed by atoms with Gasteiger partial charge in [0, 0.05) is 0 Å². The van der Waals surface area contributed by atoms with E-state index in [2.05, 4.69) is 55.4 Å². The standard InChI is InChI=1S/C30H52O3/c1-22(2)17-15-13-11-9-10-12-14-16-18-24(28(32)33)19-23-20-25(29(3,4)5)27(31)26(21-23)30(6,7)8/h20-22,24,31H,9-19H2,1-8H3,(H,32,33). The van der Waals surface area contributed by atoms with Gasteiger partial charge >= 0.3 is 5.97 Å². The highest BCUT2D eigenvalue weighted by Gasteiger charge is 2.28. The van der Waals surface area contributed by atoms with E-state index < -0.39 is 5.97 Å². The smallest absolute Gasteiger partial charge is 0.306 e. The number of phenols is 1. The lowest BCUT2D eigenvalue weighted by Crippen LogP contribution is -2.20. The molecule has 1 atom stereocenters. The molecule has 0 heterocycles. The molecule has 0 aliphatic carbocycles. The first-order valence-electron chi connectivity index (χ1n) is 13.3. The Morgan fingerprint density at radius 1 is 0.758 bits per heavy atom. The summed E-state index contributed by atoms with van der Waals surface area (Å²) in [4.78, 5) is 12.0. The predicted octanol–water partition coefficient (Wildman–Crippen LogP) is 8.79. The number of aliphatic carboxylic acids is 1. The van der Waals surface area contributed by atoms with E-state index in [4.69, 9.17) is 0 Å². The molecular formula is C30H52O3. The molecule has 33 heavy (non-hydrogen) atoms. The van der Waals surface area contributed by atoms with Gasteiger partial charge in [0.1, 0.15) is 5.75 Å². The largest absolute Gasteiger partial charge is 0.507 e. The molecular weight excluding hydrogens is 408 g/mol. The zero-order valence-electron chi connectivity index (χ0n) is 22.9. The molecule has 3 nitrogen and oxygen atoms in total. The Hall–Kier alpha value is -1.51. The molecule has 0 spiro atoms. The van der Waals surface area contributed by atoms with E-state index in [1.165, 1.54) is 44.9 Å². The number of carbonyl (C=O) groups is 1. The third-order valence-electron chi connectivity index (χ3n) is 6.70. The number of hydrogen-bond donors (Lipinski definition) is 2. The third-order valence-corrected chi connectivity index (χ3v) is 6.70. The molecule has 1 unspecified atom stereocenters. The number of aromatic hydroxyl groups is 1. The number of carboxylic acids is 1. The highest BCUT2D eigenvalue weighted by molar-refractivity contribution is 5.70. The van der Waals surface area contributed by atoms with Gasteiger partial charge in [0.05, 0.1) is 5.92 Å². The van der Waals surface area contributed by atoms with E-state index in [9.17, 15) is 15.0 Å². The fraction of sp³-hybridized carbons (Fsp3) is 0.767. The van der Waals surface area contributed by atoms with Crippen LogP contribution in [0.15, 0.2) is 12.1 Å². The lowest BCUT2D eigenvalue weighted by molar-refractivity contribution is -0.142. The second kappa shape index (κ2) is 13.4. The summed E-state index contributed by atoms with van der Waals surface area (Å²) in [6.07, 6.45) is 12.5. The lowest BCUT2D eigenvalue weighted by Gasteiger charge is -2.28. The molecule has 3 heteroatoms. The highest BCUT2D eigenvalue weighted by Crippen LogP contribution is 2.40. The molecule has 0 saturated carbocycles. The van der Waals surface area contributed by atoms with Crippen LogP contribution in [-0.4, -0.2) is 16.2 Å². The van der Waals surface area contributed by atoms with Crippen molar-refractivity contribution >= 4 is 5.97 Å². The number of benzene rings is 1. The molecule has 2 N–H and O–H groups in total. The van der Waals surface area contributed by atoms with Crippen molar-refractivity contribution in [2.45, 2.75) is 137 Å². The summed E-state index contributed by atoms with van der Waals surface area (Å²) < 4.78 is 0. The molecule has 1 aromatic carbocycles. The van der Waals surface area contributed by atoms with Crippen LogP contribution in [-0.2, 0) is 22.0 Å². The van der Waals surface area contributed by atoms with E-state index in [0.29, 0.717) is 12.2 Å². The van der Waals surface area contributed by atoms with Gasteiger partial charge in [0.25, 0.3) is 0 Å². The number of hydrogen-bond acceptors (Lipinski definition) is 2. The zero-order chi connectivity index (χ0) is 25.2. The first kappa shape index (κ1) is 29.5. The van der Waals surface area contributed by atoms with Crippen LogP contribution in [0.5, 0.6) is 5.75 Å². The summed E-state index contributed by atoms with van der Waals surface area (Å²) in [5, 5.41) is 20.8. The van der Waals surface area contributed by atoms with E-state index >= 15 is 0 Å². The van der Waals surface area contributed by atoms with E-state index in [1.54, 1.807) is 0 Å². The molecule has 1 aromatic rings. The monoisotopic (exact) mass is 460 g/mol. The maximum atomic E-state index is 12.0. The maximum Gasteiger partial charge on any atom is 0.306 e. The fourth-order valence-electron chi connectivity index (χ4n) is 4.56. The van der Waals surface area contributed by atoms with Crippen molar-refractivity contribution in [1.82, 2.24) is 0 Å². The molecule has 0 aliphatic heterocycles. The van der Waals surface area contributed by atoms with Crippen LogP contribution >= 0.6 is 0 Å². The Kier molecular flexibility index (Phi) is 12.0.